The van der Waals surface area contributed by atoms with Crippen LogP contribution in [0.25, 0.3) is 0 Å². The van der Waals surface area contributed by atoms with Crippen molar-refractivity contribution in [3.05, 3.63) is 28.8 Å². The number of carbonyl (C=O) groups is 3. The minimum Gasteiger partial charge on any atom is -0.376 e. The smallest absolute Gasteiger partial charge is 0.344 e. The Labute approximate surface area is 151 Å². The van der Waals surface area contributed by atoms with E-state index in [1.807, 2.05) is 13.0 Å². The van der Waals surface area contributed by atoms with Gasteiger partial charge in [0.05, 0.1) is 6.54 Å². The summed E-state index contributed by atoms with van der Waals surface area (Å²) in [6.45, 7) is 1.81. The van der Waals surface area contributed by atoms with Crippen LogP contribution in [-0.4, -0.2) is 34.9 Å². The maximum absolute atomic E-state index is 12.6. The molecule has 0 atom stereocenters. The van der Waals surface area contributed by atoms with Gasteiger partial charge in [0.15, 0.2) is 0 Å². The SMILES string of the molecule is Cc1ccc(Cl)cc1NCC(=O)NN1C(=O)NC2(CCCCC2)C1=O. The number of hydrogen-bond acceptors (Lipinski definition) is 4. The molecule has 134 valence electrons. The number of anilines is 1. The number of imide groups is 1. The van der Waals surface area contributed by atoms with Gasteiger partial charge in [0.1, 0.15) is 5.54 Å². The van der Waals surface area contributed by atoms with E-state index in [2.05, 4.69) is 16.1 Å². The number of aryl methyl sites for hydroxylation is 1. The van der Waals surface area contributed by atoms with Crippen molar-refractivity contribution in [1.82, 2.24) is 15.8 Å². The fourth-order valence-electron chi connectivity index (χ4n) is 3.34. The van der Waals surface area contributed by atoms with Gasteiger partial charge in [-0.05, 0) is 37.5 Å². The number of benzene rings is 1. The third-order valence-electron chi connectivity index (χ3n) is 4.74. The molecule has 2 fully saturated rings. The fourth-order valence-corrected chi connectivity index (χ4v) is 3.51. The highest BCUT2D eigenvalue weighted by atomic mass is 35.5. The minimum absolute atomic E-state index is 0.0781. The first-order valence-corrected chi connectivity index (χ1v) is 8.75. The van der Waals surface area contributed by atoms with E-state index in [0.29, 0.717) is 17.9 Å². The number of urea groups is 1. The van der Waals surface area contributed by atoms with Crippen LogP contribution in [0.5, 0.6) is 0 Å². The number of nitrogens with one attached hydrogen (secondary N) is 3. The molecule has 1 aliphatic carbocycles. The molecule has 0 aromatic heterocycles. The lowest BCUT2D eigenvalue weighted by atomic mass is 9.82. The molecule has 1 aliphatic heterocycles. The molecule has 1 aromatic carbocycles. The van der Waals surface area contributed by atoms with Gasteiger partial charge in [-0.15, -0.1) is 0 Å². The summed E-state index contributed by atoms with van der Waals surface area (Å²) in [5, 5.41) is 7.07. The predicted molar refractivity (Wildman–Crippen MR) is 94.0 cm³/mol. The average molecular weight is 365 g/mol. The summed E-state index contributed by atoms with van der Waals surface area (Å²) in [5.74, 6) is -0.847. The lowest BCUT2D eigenvalue weighted by molar-refractivity contribution is -0.139. The number of halogens is 1. The molecule has 8 heteroatoms. The van der Waals surface area contributed by atoms with E-state index < -0.39 is 17.5 Å². The molecule has 1 saturated heterocycles. The molecule has 1 heterocycles. The minimum atomic E-state index is -0.848. The van der Waals surface area contributed by atoms with Gasteiger partial charge in [0.25, 0.3) is 11.8 Å². The van der Waals surface area contributed by atoms with Crippen LogP contribution in [-0.2, 0) is 9.59 Å². The van der Waals surface area contributed by atoms with E-state index in [4.69, 9.17) is 11.6 Å². The Morgan fingerprint density at radius 3 is 2.72 bits per heavy atom. The highest BCUT2D eigenvalue weighted by Crippen LogP contribution is 2.32. The lowest BCUT2D eigenvalue weighted by Crippen LogP contribution is -2.51. The maximum Gasteiger partial charge on any atom is 0.344 e. The van der Waals surface area contributed by atoms with Crippen molar-refractivity contribution < 1.29 is 14.4 Å². The van der Waals surface area contributed by atoms with Crippen LogP contribution in [0.2, 0.25) is 5.02 Å². The van der Waals surface area contributed by atoms with Gasteiger partial charge in [0.2, 0.25) is 0 Å². The van der Waals surface area contributed by atoms with Crippen LogP contribution in [0.3, 0.4) is 0 Å². The molecule has 1 spiro atoms. The fraction of sp³-hybridized carbons (Fsp3) is 0.471. The molecule has 25 heavy (non-hydrogen) atoms. The molecule has 7 nitrogen and oxygen atoms in total. The molecular weight excluding hydrogens is 344 g/mol. The molecule has 0 bridgehead atoms. The van der Waals surface area contributed by atoms with Crippen molar-refractivity contribution >= 4 is 35.1 Å². The van der Waals surface area contributed by atoms with Crippen LogP contribution in [0.1, 0.15) is 37.7 Å². The summed E-state index contributed by atoms with van der Waals surface area (Å²) in [7, 11) is 0. The van der Waals surface area contributed by atoms with Crippen molar-refractivity contribution in [1.29, 1.82) is 0 Å². The van der Waals surface area contributed by atoms with Crippen LogP contribution in [0.4, 0.5) is 10.5 Å². The monoisotopic (exact) mass is 364 g/mol. The number of hydrogen-bond donors (Lipinski definition) is 3. The zero-order chi connectivity index (χ0) is 18.0. The summed E-state index contributed by atoms with van der Waals surface area (Å²) in [6.07, 6.45) is 4.07. The first-order chi connectivity index (χ1) is 11.9. The molecule has 0 radical (unpaired) electrons. The molecule has 1 saturated carbocycles. The summed E-state index contributed by atoms with van der Waals surface area (Å²) >= 11 is 5.94. The molecule has 3 rings (SSSR count). The van der Waals surface area contributed by atoms with Gasteiger partial charge in [-0.3, -0.25) is 15.0 Å². The summed E-state index contributed by atoms with van der Waals surface area (Å²) < 4.78 is 0. The molecule has 0 unspecified atom stereocenters. The van der Waals surface area contributed by atoms with Gasteiger partial charge in [-0.1, -0.05) is 36.9 Å². The van der Waals surface area contributed by atoms with Crippen LogP contribution >= 0.6 is 11.6 Å². The molecule has 1 aromatic rings. The second-order valence-electron chi connectivity index (χ2n) is 6.56. The molecular formula is C17H21ClN4O3. The maximum atomic E-state index is 12.6. The Kier molecular flexibility index (Phi) is 4.85. The average Bonchev–Trinajstić information content (AvgIpc) is 2.80. The Hall–Kier alpha value is -2.28. The number of nitrogens with zero attached hydrogens (tertiary/aromatic N) is 1. The van der Waals surface area contributed by atoms with E-state index in [1.165, 1.54) is 0 Å². The zero-order valence-electron chi connectivity index (χ0n) is 14.0. The van der Waals surface area contributed by atoms with Crippen LogP contribution < -0.4 is 16.1 Å². The second-order valence-corrected chi connectivity index (χ2v) is 7.00. The van der Waals surface area contributed by atoms with Crippen molar-refractivity contribution in [2.75, 3.05) is 11.9 Å². The second kappa shape index (κ2) is 6.92. The highest BCUT2D eigenvalue weighted by Gasteiger charge is 2.52. The number of hydrazine groups is 1. The summed E-state index contributed by atoms with van der Waals surface area (Å²) in [5.41, 5.74) is 3.21. The number of carbonyl (C=O) groups excluding carboxylic acids is 3. The highest BCUT2D eigenvalue weighted by molar-refractivity contribution is 6.30. The van der Waals surface area contributed by atoms with E-state index >= 15 is 0 Å². The number of rotatable bonds is 4. The third kappa shape index (κ3) is 3.56. The van der Waals surface area contributed by atoms with E-state index in [-0.39, 0.29) is 12.5 Å². The van der Waals surface area contributed by atoms with Crippen molar-refractivity contribution in [2.24, 2.45) is 0 Å². The Balaban J connectivity index is 1.60. The summed E-state index contributed by atoms with van der Waals surface area (Å²) in [4.78, 5) is 36.8. The van der Waals surface area contributed by atoms with Crippen molar-refractivity contribution in [3.8, 4) is 0 Å². The van der Waals surface area contributed by atoms with E-state index in [9.17, 15) is 14.4 Å². The van der Waals surface area contributed by atoms with Crippen LogP contribution in [0, 0.1) is 6.92 Å². The van der Waals surface area contributed by atoms with Crippen molar-refractivity contribution in [2.45, 2.75) is 44.6 Å². The Morgan fingerprint density at radius 1 is 1.28 bits per heavy atom. The topological polar surface area (TPSA) is 90.5 Å². The third-order valence-corrected chi connectivity index (χ3v) is 4.98. The predicted octanol–water partition coefficient (Wildman–Crippen LogP) is 2.35. The molecule has 3 N–H and O–H groups in total. The Morgan fingerprint density at radius 2 is 2.00 bits per heavy atom. The molecule has 4 amide bonds. The van der Waals surface area contributed by atoms with E-state index in [0.717, 1.165) is 35.5 Å². The van der Waals surface area contributed by atoms with E-state index in [1.54, 1.807) is 12.1 Å². The lowest BCUT2D eigenvalue weighted by Gasteiger charge is -2.30. The Bertz CT molecular complexity index is 716. The standard InChI is InChI=1S/C17H21ClN4O3/c1-11-5-6-12(18)9-13(11)19-10-14(23)21-22-15(24)17(20-16(22)25)7-3-2-4-8-17/h5-6,9,19H,2-4,7-8,10H2,1H3,(H,20,25)(H,21,23). The van der Waals surface area contributed by atoms with Gasteiger partial charge >= 0.3 is 6.03 Å². The molecule has 2 aliphatic rings. The van der Waals surface area contributed by atoms with Crippen LogP contribution in [0.15, 0.2) is 18.2 Å². The number of amides is 4. The first-order valence-electron chi connectivity index (χ1n) is 8.37. The van der Waals surface area contributed by atoms with Gasteiger partial charge in [-0.25, -0.2) is 4.79 Å². The van der Waals surface area contributed by atoms with Crippen molar-refractivity contribution in [3.63, 3.8) is 0 Å². The summed E-state index contributed by atoms with van der Waals surface area (Å²) in [6, 6.07) is 4.75. The quantitative estimate of drug-likeness (QED) is 0.715. The van der Waals surface area contributed by atoms with Gasteiger partial charge < -0.3 is 10.6 Å². The zero-order valence-corrected chi connectivity index (χ0v) is 14.8. The van der Waals surface area contributed by atoms with Gasteiger partial charge in [0, 0.05) is 10.7 Å². The normalized spacial score (nSPS) is 19.0. The largest absolute Gasteiger partial charge is 0.376 e. The van der Waals surface area contributed by atoms with Gasteiger partial charge in [-0.2, -0.15) is 5.01 Å². The first kappa shape index (κ1) is 17.5.